The maximum absolute atomic E-state index is 13.1. The summed E-state index contributed by atoms with van der Waals surface area (Å²) in [7, 11) is 0. The Bertz CT molecular complexity index is 1080. The fourth-order valence-corrected chi connectivity index (χ4v) is 3.00. The number of aromatic nitrogens is 1. The van der Waals surface area contributed by atoms with Crippen molar-refractivity contribution < 1.29 is 19.4 Å². The Morgan fingerprint density at radius 2 is 1.89 bits per heavy atom. The molecule has 1 amide bonds. The molecule has 28 heavy (non-hydrogen) atoms. The van der Waals surface area contributed by atoms with Crippen LogP contribution in [0.5, 0.6) is 5.75 Å². The largest absolute Gasteiger partial charge is 0.478 e. The number of ether oxygens (including phenoxy) is 1. The highest BCUT2D eigenvalue weighted by atomic mass is 16.5. The van der Waals surface area contributed by atoms with Crippen molar-refractivity contribution in [1.29, 1.82) is 0 Å². The molecule has 1 aromatic heterocycles. The number of carbonyl (C=O) groups excluding carboxylic acids is 1. The van der Waals surface area contributed by atoms with Crippen LogP contribution in [0.15, 0.2) is 78.7 Å². The van der Waals surface area contributed by atoms with Crippen LogP contribution in [-0.4, -0.2) is 22.0 Å². The number of aromatic carboxylic acids is 1. The summed E-state index contributed by atoms with van der Waals surface area (Å²) in [6, 6.07) is 19.2. The fraction of sp³-hybridized carbons (Fsp3) is 0.0455. The molecule has 0 unspecified atom stereocenters. The molecule has 0 spiro atoms. The zero-order valence-electron chi connectivity index (χ0n) is 14.8. The van der Waals surface area contributed by atoms with Gasteiger partial charge in [0, 0.05) is 12.3 Å². The smallest absolute Gasteiger partial charge is 0.335 e. The Kier molecular flexibility index (Phi) is 4.60. The number of carbonyl (C=O) groups is 2. The van der Waals surface area contributed by atoms with E-state index in [2.05, 4.69) is 4.98 Å². The molecule has 1 N–H and O–H groups in total. The van der Waals surface area contributed by atoms with Crippen LogP contribution in [0.4, 0.5) is 5.69 Å². The van der Waals surface area contributed by atoms with Gasteiger partial charge in [0.1, 0.15) is 0 Å². The summed E-state index contributed by atoms with van der Waals surface area (Å²) in [5.74, 6) is -0.609. The average molecular weight is 372 g/mol. The molecule has 0 saturated heterocycles. The molecule has 0 radical (unpaired) electrons. The molecule has 0 aliphatic carbocycles. The van der Waals surface area contributed by atoms with Crippen molar-refractivity contribution >= 4 is 23.6 Å². The van der Waals surface area contributed by atoms with E-state index in [1.54, 1.807) is 59.6 Å². The molecule has 0 fully saturated rings. The zero-order chi connectivity index (χ0) is 19.5. The van der Waals surface area contributed by atoms with E-state index >= 15 is 0 Å². The van der Waals surface area contributed by atoms with Gasteiger partial charge in [0.05, 0.1) is 23.5 Å². The predicted molar refractivity (Wildman–Crippen MR) is 104 cm³/mol. The average Bonchev–Trinajstić information content (AvgIpc) is 2.72. The molecule has 0 bridgehead atoms. The van der Waals surface area contributed by atoms with Crippen molar-refractivity contribution in [3.05, 3.63) is 95.5 Å². The lowest BCUT2D eigenvalue weighted by molar-refractivity contribution is -0.117. The van der Waals surface area contributed by atoms with E-state index in [-0.39, 0.29) is 23.8 Å². The Morgan fingerprint density at radius 1 is 1.07 bits per heavy atom. The third-order valence-electron chi connectivity index (χ3n) is 4.31. The van der Waals surface area contributed by atoms with E-state index < -0.39 is 5.97 Å². The van der Waals surface area contributed by atoms with Gasteiger partial charge in [0.25, 0.3) is 5.91 Å². The van der Waals surface area contributed by atoms with E-state index in [0.717, 1.165) is 0 Å². The van der Waals surface area contributed by atoms with Gasteiger partial charge in [-0.25, -0.2) is 4.79 Å². The summed E-state index contributed by atoms with van der Waals surface area (Å²) in [5.41, 5.74) is 2.13. The number of pyridine rings is 1. The third-order valence-corrected chi connectivity index (χ3v) is 4.31. The first kappa shape index (κ1) is 17.5. The van der Waals surface area contributed by atoms with Crippen LogP contribution in [-0.2, 0) is 11.3 Å². The molecule has 3 aromatic rings. The number of benzene rings is 2. The van der Waals surface area contributed by atoms with Gasteiger partial charge in [0.2, 0.25) is 0 Å². The van der Waals surface area contributed by atoms with Crippen LogP contribution in [0.3, 0.4) is 0 Å². The quantitative estimate of drug-likeness (QED) is 0.706. The van der Waals surface area contributed by atoms with Crippen molar-refractivity contribution in [3.8, 4) is 5.75 Å². The highest BCUT2D eigenvalue weighted by Gasteiger charge is 2.30. The van der Waals surface area contributed by atoms with Gasteiger partial charge in [-0.1, -0.05) is 30.3 Å². The number of amides is 1. The SMILES string of the molecule is O=C(O)c1cccc(CN2C(=O)/C(=C\c3ccccn3)Oc3ccccc32)c1. The first-order valence-electron chi connectivity index (χ1n) is 8.65. The number of anilines is 1. The number of para-hydroxylation sites is 2. The lowest BCUT2D eigenvalue weighted by Crippen LogP contribution is -2.36. The summed E-state index contributed by atoms with van der Waals surface area (Å²) in [5, 5.41) is 9.21. The lowest BCUT2D eigenvalue weighted by atomic mass is 10.1. The molecule has 138 valence electrons. The number of rotatable bonds is 4. The maximum Gasteiger partial charge on any atom is 0.335 e. The minimum Gasteiger partial charge on any atom is -0.478 e. The fourth-order valence-electron chi connectivity index (χ4n) is 3.00. The molecule has 2 heterocycles. The number of carboxylic acids is 1. The third kappa shape index (κ3) is 3.48. The van der Waals surface area contributed by atoms with Crippen molar-refractivity contribution in [1.82, 2.24) is 4.98 Å². The first-order chi connectivity index (χ1) is 13.6. The monoisotopic (exact) mass is 372 g/mol. The van der Waals surface area contributed by atoms with Crippen LogP contribution < -0.4 is 9.64 Å². The molecule has 6 heteroatoms. The minimum absolute atomic E-state index is 0.159. The summed E-state index contributed by atoms with van der Waals surface area (Å²) in [6.45, 7) is 0.222. The van der Waals surface area contributed by atoms with Gasteiger partial charge in [-0.05, 0) is 42.0 Å². The van der Waals surface area contributed by atoms with E-state index in [4.69, 9.17) is 4.74 Å². The van der Waals surface area contributed by atoms with Gasteiger partial charge in [-0.15, -0.1) is 0 Å². The van der Waals surface area contributed by atoms with Crippen molar-refractivity contribution in [2.75, 3.05) is 4.90 Å². The van der Waals surface area contributed by atoms with Gasteiger partial charge >= 0.3 is 5.97 Å². The van der Waals surface area contributed by atoms with E-state index in [0.29, 0.717) is 22.7 Å². The van der Waals surface area contributed by atoms with E-state index in [1.165, 1.54) is 6.07 Å². The van der Waals surface area contributed by atoms with Crippen LogP contribution >= 0.6 is 0 Å². The van der Waals surface area contributed by atoms with E-state index in [9.17, 15) is 14.7 Å². The standard InChI is InChI=1S/C22H16N2O4/c25-21-20(13-17-8-3-4-11-23-17)28-19-10-2-1-9-18(19)24(21)14-15-6-5-7-16(12-15)22(26)27/h1-13H,14H2,(H,26,27)/b20-13+. The number of carboxylic acid groups (broad SMARTS) is 1. The molecule has 2 aromatic carbocycles. The molecule has 4 rings (SSSR count). The van der Waals surface area contributed by atoms with Crippen LogP contribution in [0, 0.1) is 0 Å². The second kappa shape index (κ2) is 7.36. The zero-order valence-corrected chi connectivity index (χ0v) is 14.8. The Balaban J connectivity index is 1.72. The van der Waals surface area contributed by atoms with Crippen LogP contribution in [0.25, 0.3) is 6.08 Å². The van der Waals surface area contributed by atoms with Gasteiger partial charge in [-0.3, -0.25) is 14.7 Å². The highest BCUT2D eigenvalue weighted by molar-refractivity contribution is 6.09. The topological polar surface area (TPSA) is 79.7 Å². The summed E-state index contributed by atoms with van der Waals surface area (Å²) in [4.78, 5) is 30.1. The first-order valence-corrected chi connectivity index (χ1v) is 8.65. The Hall–Kier alpha value is -3.93. The van der Waals surface area contributed by atoms with Crippen molar-refractivity contribution in [2.24, 2.45) is 0 Å². The summed E-state index contributed by atoms with van der Waals surface area (Å²) in [6.07, 6.45) is 3.24. The molecular weight excluding hydrogens is 356 g/mol. The number of hydrogen-bond acceptors (Lipinski definition) is 4. The predicted octanol–water partition coefficient (Wildman–Crippen LogP) is 3.75. The van der Waals surface area contributed by atoms with E-state index in [1.807, 2.05) is 18.2 Å². The second-order valence-electron chi connectivity index (χ2n) is 6.23. The molecule has 0 saturated carbocycles. The van der Waals surface area contributed by atoms with Gasteiger partial charge in [0.15, 0.2) is 11.5 Å². The molecule has 1 aliphatic rings. The molecular formula is C22H16N2O4. The van der Waals surface area contributed by atoms with Gasteiger partial charge in [-0.2, -0.15) is 0 Å². The molecule has 1 aliphatic heterocycles. The lowest BCUT2D eigenvalue weighted by Gasteiger charge is -2.30. The summed E-state index contributed by atoms with van der Waals surface area (Å²) >= 11 is 0. The summed E-state index contributed by atoms with van der Waals surface area (Å²) < 4.78 is 5.81. The molecule has 0 atom stereocenters. The normalized spacial score (nSPS) is 14.5. The van der Waals surface area contributed by atoms with Crippen LogP contribution in [0.2, 0.25) is 0 Å². The van der Waals surface area contributed by atoms with Crippen LogP contribution in [0.1, 0.15) is 21.6 Å². The van der Waals surface area contributed by atoms with Crippen molar-refractivity contribution in [2.45, 2.75) is 6.54 Å². The maximum atomic E-state index is 13.1. The second-order valence-corrected chi connectivity index (χ2v) is 6.23. The molecule has 6 nitrogen and oxygen atoms in total. The Morgan fingerprint density at radius 3 is 2.68 bits per heavy atom. The minimum atomic E-state index is -1.01. The van der Waals surface area contributed by atoms with Crippen molar-refractivity contribution in [3.63, 3.8) is 0 Å². The highest BCUT2D eigenvalue weighted by Crippen LogP contribution is 2.36. The Labute approximate surface area is 161 Å². The van der Waals surface area contributed by atoms with Gasteiger partial charge < -0.3 is 9.84 Å². The number of hydrogen-bond donors (Lipinski definition) is 1. The number of fused-ring (bicyclic) bond motifs is 1. The number of nitrogens with zero attached hydrogens (tertiary/aromatic N) is 2.